The van der Waals surface area contributed by atoms with Crippen LogP contribution < -0.4 is 14.8 Å². The zero-order chi connectivity index (χ0) is 23.7. The summed E-state index contributed by atoms with van der Waals surface area (Å²) in [7, 11) is 3.25. The fraction of sp³-hybridized carbons (Fsp3) is 0.348. The molecule has 1 aliphatic heterocycles. The van der Waals surface area contributed by atoms with Gasteiger partial charge in [-0.05, 0) is 31.8 Å². The van der Waals surface area contributed by atoms with Crippen molar-refractivity contribution in [2.24, 2.45) is 0 Å². The first-order chi connectivity index (χ1) is 16.6. The minimum absolute atomic E-state index is 0.0545. The molecule has 11 heteroatoms. The van der Waals surface area contributed by atoms with Gasteiger partial charge in [-0.15, -0.1) is 5.10 Å². The van der Waals surface area contributed by atoms with Gasteiger partial charge in [-0.3, -0.25) is 0 Å². The lowest BCUT2D eigenvalue weighted by Gasteiger charge is -2.13. The largest absolute Gasteiger partial charge is 0.497 e. The van der Waals surface area contributed by atoms with E-state index in [4.69, 9.17) is 29.0 Å². The van der Waals surface area contributed by atoms with Crippen LogP contribution in [-0.4, -0.2) is 45.5 Å². The number of methoxy groups -OCH3 is 2. The molecule has 1 aliphatic rings. The van der Waals surface area contributed by atoms with E-state index in [2.05, 4.69) is 16.3 Å². The number of benzene rings is 1. The normalized spacial score (nSPS) is 15.5. The summed E-state index contributed by atoms with van der Waals surface area (Å²) < 4.78 is 18.1. The van der Waals surface area contributed by atoms with Gasteiger partial charge in [-0.1, -0.05) is 6.32 Å². The van der Waals surface area contributed by atoms with Crippen LogP contribution in [0.4, 0.5) is 5.95 Å². The number of fused-ring (bicyclic) bond motifs is 1. The van der Waals surface area contributed by atoms with Crippen LogP contribution in [0.25, 0.3) is 17.2 Å². The molecule has 0 radical (unpaired) electrons. The minimum Gasteiger partial charge on any atom is -0.497 e. The van der Waals surface area contributed by atoms with Gasteiger partial charge >= 0.3 is 0 Å². The molecule has 1 unspecified atom stereocenters. The van der Waals surface area contributed by atoms with E-state index in [0.29, 0.717) is 35.5 Å². The Labute approximate surface area is 197 Å². The predicted octanol–water partition coefficient (Wildman–Crippen LogP) is 3.76. The minimum atomic E-state index is 0.0545. The lowest BCUT2D eigenvalue weighted by atomic mass is 9.50. The van der Waals surface area contributed by atoms with Crippen molar-refractivity contribution in [1.29, 1.82) is 5.26 Å². The summed E-state index contributed by atoms with van der Waals surface area (Å²) in [6.07, 6.45) is 5.66. The van der Waals surface area contributed by atoms with Crippen LogP contribution in [-0.2, 0) is 6.54 Å². The molecule has 1 saturated heterocycles. The summed E-state index contributed by atoms with van der Waals surface area (Å²) in [6.45, 7) is 2.43. The second-order valence-corrected chi connectivity index (χ2v) is 8.32. The van der Waals surface area contributed by atoms with Gasteiger partial charge in [0.15, 0.2) is 11.5 Å². The van der Waals surface area contributed by atoms with Crippen molar-refractivity contribution >= 4 is 18.3 Å². The Morgan fingerprint density at radius 3 is 2.88 bits per heavy atom. The SMILES string of the molecule is COc1ccc(CNc2nc(-c3ncco3)c(C)c3nc(C4CCB(C#N)C4)nn23)c(OC)c1. The molecular formula is C23H24BN7O3. The fourth-order valence-electron chi connectivity index (χ4n) is 4.40. The number of aryl methyl sites for hydroxylation is 1. The molecule has 4 heterocycles. The van der Waals surface area contributed by atoms with E-state index in [1.165, 1.54) is 6.26 Å². The van der Waals surface area contributed by atoms with Gasteiger partial charge in [0.25, 0.3) is 6.71 Å². The maximum absolute atomic E-state index is 9.30. The lowest BCUT2D eigenvalue weighted by molar-refractivity contribution is 0.391. The van der Waals surface area contributed by atoms with Gasteiger partial charge in [-0.2, -0.15) is 4.52 Å². The van der Waals surface area contributed by atoms with Crippen LogP contribution in [0.15, 0.2) is 35.1 Å². The molecule has 1 fully saturated rings. The first-order valence-electron chi connectivity index (χ1n) is 11.1. The highest BCUT2D eigenvalue weighted by molar-refractivity contribution is 6.67. The number of anilines is 1. The Hall–Kier alpha value is -4.07. The van der Waals surface area contributed by atoms with Gasteiger partial charge in [-0.25, -0.2) is 20.2 Å². The fourth-order valence-corrected chi connectivity index (χ4v) is 4.40. The van der Waals surface area contributed by atoms with Crippen LogP contribution in [0, 0.1) is 18.2 Å². The monoisotopic (exact) mass is 457 g/mol. The van der Waals surface area contributed by atoms with Crippen molar-refractivity contribution < 1.29 is 13.9 Å². The van der Waals surface area contributed by atoms with Crippen LogP contribution in [0.2, 0.25) is 12.6 Å². The number of ether oxygens (including phenoxy) is 2. The molecule has 0 aliphatic carbocycles. The van der Waals surface area contributed by atoms with Crippen LogP contribution in [0.5, 0.6) is 11.5 Å². The summed E-state index contributed by atoms with van der Waals surface area (Å²) >= 11 is 0. The topological polar surface area (TPSA) is 123 Å². The number of hydrogen-bond acceptors (Lipinski definition) is 9. The molecule has 10 nitrogen and oxygen atoms in total. The van der Waals surface area contributed by atoms with E-state index in [1.807, 2.05) is 25.1 Å². The Balaban J connectivity index is 1.54. The van der Waals surface area contributed by atoms with E-state index in [9.17, 15) is 5.26 Å². The number of rotatable bonds is 7. The Morgan fingerprint density at radius 1 is 1.29 bits per heavy atom. The number of hydrogen-bond donors (Lipinski definition) is 1. The quantitative estimate of drug-likeness (QED) is 0.413. The number of oxazole rings is 1. The maximum atomic E-state index is 9.30. The number of aromatic nitrogens is 5. The van der Waals surface area contributed by atoms with E-state index in [0.717, 1.165) is 41.8 Å². The highest BCUT2D eigenvalue weighted by Crippen LogP contribution is 2.35. The molecule has 0 saturated carbocycles. The molecule has 0 spiro atoms. The highest BCUT2D eigenvalue weighted by atomic mass is 16.5. The molecule has 34 heavy (non-hydrogen) atoms. The number of nitriles is 1. The van der Waals surface area contributed by atoms with Gasteiger partial charge in [0.05, 0.1) is 20.4 Å². The average molecular weight is 457 g/mol. The molecule has 172 valence electrons. The van der Waals surface area contributed by atoms with Crippen molar-refractivity contribution in [1.82, 2.24) is 24.6 Å². The second-order valence-electron chi connectivity index (χ2n) is 8.32. The molecule has 1 aromatic carbocycles. The van der Waals surface area contributed by atoms with Gasteiger partial charge < -0.3 is 19.2 Å². The summed E-state index contributed by atoms with van der Waals surface area (Å²) in [4.78, 5) is 13.9. The van der Waals surface area contributed by atoms with Gasteiger partial charge in [0.2, 0.25) is 11.8 Å². The Bertz CT molecular complexity index is 1360. The van der Waals surface area contributed by atoms with Crippen LogP contribution in [0.3, 0.4) is 0 Å². The van der Waals surface area contributed by atoms with Crippen LogP contribution in [0.1, 0.15) is 29.3 Å². The van der Waals surface area contributed by atoms with E-state index < -0.39 is 0 Å². The van der Waals surface area contributed by atoms with Crippen molar-refractivity contribution in [3.05, 3.63) is 47.6 Å². The average Bonchev–Trinajstić information content (AvgIpc) is 3.64. The molecule has 1 N–H and O–H groups in total. The summed E-state index contributed by atoms with van der Waals surface area (Å²) in [5.74, 6) is 5.62. The summed E-state index contributed by atoms with van der Waals surface area (Å²) in [6, 6.07) is 5.67. The zero-order valence-electron chi connectivity index (χ0n) is 19.3. The van der Waals surface area contributed by atoms with E-state index in [-0.39, 0.29) is 12.6 Å². The van der Waals surface area contributed by atoms with Crippen LogP contribution >= 0.6 is 0 Å². The van der Waals surface area contributed by atoms with Crippen molar-refractivity contribution in [2.75, 3.05) is 19.5 Å². The standard InChI is InChI=1S/C23H24BN7O3/c1-14-19(22-26-8-9-34-22)28-23(27-12-16-4-5-17(32-2)10-18(16)33-3)31-21(14)29-20(30-31)15-6-7-24(11-15)13-25/h4-5,8-10,15H,6-7,11-12H2,1-3H3,(H,27,28). The first-order valence-corrected chi connectivity index (χ1v) is 11.1. The van der Waals surface area contributed by atoms with E-state index in [1.54, 1.807) is 24.9 Å². The summed E-state index contributed by atoms with van der Waals surface area (Å²) in [5, 5.41) is 17.5. The highest BCUT2D eigenvalue weighted by Gasteiger charge is 2.32. The van der Waals surface area contributed by atoms with Crippen molar-refractivity contribution in [3.63, 3.8) is 0 Å². The second kappa shape index (κ2) is 9.06. The number of nitrogens with zero attached hydrogens (tertiary/aromatic N) is 6. The first kappa shape index (κ1) is 21.8. The van der Waals surface area contributed by atoms with Crippen molar-refractivity contribution in [3.8, 4) is 29.1 Å². The third kappa shape index (κ3) is 3.92. The summed E-state index contributed by atoms with van der Waals surface area (Å²) in [5.41, 5.74) is 3.04. The lowest BCUT2D eigenvalue weighted by Crippen LogP contribution is -2.11. The van der Waals surface area contributed by atoms with Gasteiger partial charge in [0, 0.05) is 35.6 Å². The molecule has 5 rings (SSSR count). The Kier molecular flexibility index (Phi) is 5.80. The molecular weight excluding hydrogens is 433 g/mol. The zero-order valence-corrected chi connectivity index (χ0v) is 19.3. The number of nitrogens with one attached hydrogen (secondary N) is 1. The maximum Gasteiger partial charge on any atom is 0.268 e. The third-order valence-corrected chi connectivity index (χ3v) is 6.28. The smallest absolute Gasteiger partial charge is 0.268 e. The molecule has 4 aromatic rings. The third-order valence-electron chi connectivity index (χ3n) is 6.28. The van der Waals surface area contributed by atoms with Crippen molar-refractivity contribution in [2.45, 2.75) is 38.4 Å². The molecule has 0 amide bonds. The molecule has 1 atom stereocenters. The van der Waals surface area contributed by atoms with E-state index >= 15 is 0 Å². The molecule has 3 aromatic heterocycles. The predicted molar refractivity (Wildman–Crippen MR) is 126 cm³/mol. The van der Waals surface area contributed by atoms with Gasteiger partial charge in [0.1, 0.15) is 23.5 Å². The molecule has 0 bridgehead atoms. The Morgan fingerprint density at radius 2 is 2.18 bits per heavy atom.